The standard InChI is InChI=1S/C20H21ClN2O3/c1-3-15(4-2)25-16-11-9-14(10-12-16)13-19-22-23(20(24)26-19)18-8-6-5-7-17(18)21/h5-12,15H,3-4,13H2,1-2H3. The van der Waals surface area contributed by atoms with Crippen molar-refractivity contribution in [1.29, 1.82) is 0 Å². The van der Waals surface area contributed by atoms with Crippen LogP contribution in [0.1, 0.15) is 38.1 Å². The molecular weight excluding hydrogens is 352 g/mol. The molecule has 26 heavy (non-hydrogen) atoms. The predicted molar refractivity (Wildman–Crippen MR) is 101 cm³/mol. The van der Waals surface area contributed by atoms with E-state index in [2.05, 4.69) is 18.9 Å². The van der Waals surface area contributed by atoms with E-state index in [0.717, 1.165) is 24.2 Å². The first kappa shape index (κ1) is 18.3. The molecule has 0 unspecified atom stereocenters. The SMILES string of the molecule is CCC(CC)Oc1ccc(Cc2nn(-c3ccccc3Cl)c(=O)o2)cc1. The van der Waals surface area contributed by atoms with E-state index in [4.69, 9.17) is 20.8 Å². The topological polar surface area (TPSA) is 57.3 Å². The summed E-state index contributed by atoms with van der Waals surface area (Å²) < 4.78 is 12.4. The van der Waals surface area contributed by atoms with Crippen LogP contribution in [-0.2, 0) is 6.42 Å². The van der Waals surface area contributed by atoms with Crippen molar-refractivity contribution in [2.24, 2.45) is 0 Å². The summed E-state index contributed by atoms with van der Waals surface area (Å²) in [7, 11) is 0. The summed E-state index contributed by atoms with van der Waals surface area (Å²) in [6.45, 7) is 4.22. The van der Waals surface area contributed by atoms with Gasteiger partial charge in [0, 0.05) is 0 Å². The quantitative estimate of drug-likeness (QED) is 0.606. The largest absolute Gasteiger partial charge is 0.490 e. The molecule has 0 saturated heterocycles. The highest BCUT2D eigenvalue weighted by Gasteiger charge is 2.13. The van der Waals surface area contributed by atoms with Gasteiger partial charge in [0.1, 0.15) is 5.75 Å². The molecule has 0 radical (unpaired) electrons. The molecular formula is C20H21ClN2O3. The highest BCUT2D eigenvalue weighted by Crippen LogP contribution is 2.19. The number of hydrogen-bond donors (Lipinski definition) is 0. The van der Waals surface area contributed by atoms with Gasteiger partial charge in [-0.2, -0.15) is 4.68 Å². The summed E-state index contributed by atoms with van der Waals surface area (Å²) in [5.41, 5.74) is 1.48. The van der Waals surface area contributed by atoms with Gasteiger partial charge in [-0.15, -0.1) is 5.10 Å². The van der Waals surface area contributed by atoms with E-state index in [1.165, 1.54) is 4.68 Å². The summed E-state index contributed by atoms with van der Waals surface area (Å²) in [6, 6.07) is 14.8. The van der Waals surface area contributed by atoms with Crippen molar-refractivity contribution in [1.82, 2.24) is 9.78 Å². The summed E-state index contributed by atoms with van der Waals surface area (Å²) in [5, 5.41) is 4.70. The Labute approximate surface area is 157 Å². The molecule has 3 rings (SSSR count). The monoisotopic (exact) mass is 372 g/mol. The summed E-state index contributed by atoms with van der Waals surface area (Å²) in [6.07, 6.45) is 2.59. The van der Waals surface area contributed by atoms with Gasteiger partial charge >= 0.3 is 5.76 Å². The molecule has 0 atom stereocenters. The Kier molecular flexibility index (Phi) is 5.78. The Bertz CT molecular complexity index is 911. The van der Waals surface area contributed by atoms with Crippen LogP contribution in [0.3, 0.4) is 0 Å². The maximum absolute atomic E-state index is 12.1. The van der Waals surface area contributed by atoms with Gasteiger partial charge in [-0.25, -0.2) is 4.79 Å². The van der Waals surface area contributed by atoms with Crippen LogP contribution in [-0.4, -0.2) is 15.9 Å². The molecule has 0 aliphatic rings. The number of nitrogens with zero attached hydrogens (tertiary/aromatic N) is 2. The fourth-order valence-corrected chi connectivity index (χ4v) is 2.89. The molecule has 5 nitrogen and oxygen atoms in total. The molecule has 0 bridgehead atoms. The summed E-state index contributed by atoms with van der Waals surface area (Å²) in [4.78, 5) is 12.1. The van der Waals surface area contributed by atoms with Gasteiger partial charge in [0.05, 0.1) is 23.2 Å². The molecule has 0 fully saturated rings. The zero-order chi connectivity index (χ0) is 18.5. The minimum Gasteiger partial charge on any atom is -0.490 e. The fourth-order valence-electron chi connectivity index (χ4n) is 2.67. The highest BCUT2D eigenvalue weighted by molar-refractivity contribution is 6.32. The minimum absolute atomic E-state index is 0.227. The van der Waals surface area contributed by atoms with E-state index in [-0.39, 0.29) is 6.10 Å². The van der Waals surface area contributed by atoms with Gasteiger partial charge in [-0.05, 0) is 42.7 Å². The summed E-state index contributed by atoms with van der Waals surface area (Å²) in [5.74, 6) is 0.621. The van der Waals surface area contributed by atoms with Crippen molar-refractivity contribution < 1.29 is 9.15 Å². The lowest BCUT2D eigenvalue weighted by Crippen LogP contribution is -2.13. The first-order chi connectivity index (χ1) is 12.6. The molecule has 1 aromatic heterocycles. The van der Waals surface area contributed by atoms with Gasteiger partial charge in [0.2, 0.25) is 5.89 Å². The lowest BCUT2D eigenvalue weighted by molar-refractivity contribution is 0.193. The average Bonchev–Trinajstić information content (AvgIpc) is 3.01. The van der Waals surface area contributed by atoms with Crippen LogP contribution in [0.5, 0.6) is 5.75 Å². The fraction of sp³-hybridized carbons (Fsp3) is 0.300. The number of benzene rings is 2. The minimum atomic E-state index is -0.554. The molecule has 0 saturated carbocycles. The lowest BCUT2D eigenvalue weighted by Gasteiger charge is -2.15. The number of ether oxygens (including phenoxy) is 1. The van der Waals surface area contributed by atoms with Gasteiger partial charge < -0.3 is 9.15 Å². The van der Waals surface area contributed by atoms with E-state index in [9.17, 15) is 4.79 Å². The number of hydrogen-bond acceptors (Lipinski definition) is 4. The Morgan fingerprint density at radius 3 is 2.46 bits per heavy atom. The zero-order valence-corrected chi connectivity index (χ0v) is 15.6. The third-order valence-electron chi connectivity index (χ3n) is 4.16. The van der Waals surface area contributed by atoms with Crippen molar-refractivity contribution in [3.63, 3.8) is 0 Å². The first-order valence-corrected chi connectivity index (χ1v) is 9.08. The van der Waals surface area contributed by atoms with Crippen LogP contribution in [0.25, 0.3) is 5.69 Å². The van der Waals surface area contributed by atoms with Crippen LogP contribution in [0.2, 0.25) is 5.02 Å². The molecule has 6 heteroatoms. The Morgan fingerprint density at radius 2 is 1.81 bits per heavy atom. The molecule has 0 N–H and O–H groups in total. The van der Waals surface area contributed by atoms with E-state index in [0.29, 0.717) is 23.0 Å². The molecule has 0 aliphatic carbocycles. The second-order valence-electron chi connectivity index (χ2n) is 6.00. The number of halogens is 1. The maximum atomic E-state index is 12.1. The first-order valence-electron chi connectivity index (χ1n) is 8.70. The normalized spacial score (nSPS) is 11.1. The second kappa shape index (κ2) is 8.23. The molecule has 0 amide bonds. The van der Waals surface area contributed by atoms with Crippen LogP contribution in [0.15, 0.2) is 57.7 Å². The molecule has 0 spiro atoms. The summed E-state index contributed by atoms with van der Waals surface area (Å²) >= 11 is 6.13. The van der Waals surface area contributed by atoms with Gasteiger partial charge in [-0.3, -0.25) is 0 Å². The molecule has 3 aromatic rings. The smallest absolute Gasteiger partial charge is 0.442 e. The van der Waals surface area contributed by atoms with Crippen LogP contribution in [0, 0.1) is 0 Å². The van der Waals surface area contributed by atoms with E-state index >= 15 is 0 Å². The Morgan fingerprint density at radius 1 is 1.12 bits per heavy atom. The lowest BCUT2D eigenvalue weighted by atomic mass is 10.1. The van der Waals surface area contributed by atoms with Crippen molar-refractivity contribution in [3.8, 4) is 11.4 Å². The van der Waals surface area contributed by atoms with Gasteiger partial charge in [0.15, 0.2) is 0 Å². The van der Waals surface area contributed by atoms with Crippen molar-refractivity contribution in [2.45, 2.75) is 39.2 Å². The van der Waals surface area contributed by atoms with Crippen molar-refractivity contribution >= 4 is 11.6 Å². The predicted octanol–water partition coefficient (Wildman–Crippen LogP) is 4.64. The molecule has 136 valence electrons. The number of rotatable bonds is 7. The van der Waals surface area contributed by atoms with Crippen molar-refractivity contribution in [2.75, 3.05) is 0 Å². The van der Waals surface area contributed by atoms with Crippen LogP contribution in [0.4, 0.5) is 0 Å². The van der Waals surface area contributed by atoms with Crippen LogP contribution >= 0.6 is 11.6 Å². The number of para-hydroxylation sites is 1. The average molecular weight is 373 g/mol. The third kappa shape index (κ3) is 4.17. The van der Waals surface area contributed by atoms with Gasteiger partial charge in [-0.1, -0.05) is 49.7 Å². The molecule has 1 heterocycles. The third-order valence-corrected chi connectivity index (χ3v) is 4.48. The highest BCUT2D eigenvalue weighted by atomic mass is 35.5. The van der Waals surface area contributed by atoms with E-state index in [1.807, 2.05) is 24.3 Å². The zero-order valence-electron chi connectivity index (χ0n) is 14.8. The second-order valence-corrected chi connectivity index (χ2v) is 6.41. The van der Waals surface area contributed by atoms with E-state index in [1.54, 1.807) is 24.3 Å². The molecule has 2 aromatic carbocycles. The Balaban J connectivity index is 1.75. The van der Waals surface area contributed by atoms with E-state index < -0.39 is 5.76 Å². The maximum Gasteiger partial charge on any atom is 0.442 e. The van der Waals surface area contributed by atoms with Crippen LogP contribution < -0.4 is 10.5 Å². The Hall–Kier alpha value is -2.53. The van der Waals surface area contributed by atoms with Gasteiger partial charge in [0.25, 0.3) is 0 Å². The molecule has 0 aliphatic heterocycles. The number of aromatic nitrogens is 2. The van der Waals surface area contributed by atoms with Crippen molar-refractivity contribution in [3.05, 3.63) is 75.6 Å².